The second kappa shape index (κ2) is 5.27. The van der Waals surface area contributed by atoms with Crippen molar-refractivity contribution in [3.8, 4) is 6.07 Å². The number of carbonyl (C=O) groups is 1. The van der Waals surface area contributed by atoms with Crippen molar-refractivity contribution in [1.29, 1.82) is 5.26 Å². The number of nitriles is 1. The molecule has 100 valence electrons. The highest BCUT2D eigenvalue weighted by Gasteiger charge is 2.48. The summed E-state index contributed by atoms with van der Waals surface area (Å²) < 4.78 is 0. The van der Waals surface area contributed by atoms with Crippen LogP contribution in [0.1, 0.15) is 39.5 Å². The number of amides is 1. The van der Waals surface area contributed by atoms with Crippen LogP contribution in [0.15, 0.2) is 0 Å². The van der Waals surface area contributed by atoms with Gasteiger partial charge in [-0.1, -0.05) is 13.8 Å². The van der Waals surface area contributed by atoms with E-state index in [9.17, 15) is 4.79 Å². The summed E-state index contributed by atoms with van der Waals surface area (Å²) in [6.07, 6.45) is 4.02. The number of nitrogens with one attached hydrogen (secondary N) is 1. The summed E-state index contributed by atoms with van der Waals surface area (Å²) in [4.78, 5) is 14.4. The van der Waals surface area contributed by atoms with Gasteiger partial charge in [0.2, 0.25) is 5.91 Å². The van der Waals surface area contributed by atoms with Crippen LogP contribution in [-0.4, -0.2) is 36.5 Å². The second-order valence-electron chi connectivity index (χ2n) is 5.82. The quantitative estimate of drug-likeness (QED) is 0.776. The molecule has 2 fully saturated rings. The first-order chi connectivity index (χ1) is 8.61. The van der Waals surface area contributed by atoms with Gasteiger partial charge in [-0.2, -0.15) is 5.26 Å². The molecule has 0 heterocycles. The Morgan fingerprint density at radius 1 is 1.50 bits per heavy atom. The fraction of sp³-hybridized carbons (Fsp3) is 0.857. The molecule has 0 unspecified atom stereocenters. The molecule has 0 spiro atoms. The molecule has 1 amide bonds. The van der Waals surface area contributed by atoms with E-state index in [4.69, 9.17) is 5.26 Å². The molecule has 1 N–H and O–H groups in total. The van der Waals surface area contributed by atoms with E-state index in [1.807, 2.05) is 0 Å². The Morgan fingerprint density at radius 3 is 2.61 bits per heavy atom. The lowest BCUT2D eigenvalue weighted by Gasteiger charge is -2.39. The minimum atomic E-state index is -0.726. The maximum absolute atomic E-state index is 12.0. The van der Waals surface area contributed by atoms with E-state index in [2.05, 4.69) is 30.1 Å². The predicted octanol–water partition coefficient (Wildman–Crippen LogP) is 1.53. The number of hydrogen-bond acceptors (Lipinski definition) is 3. The Hall–Kier alpha value is -1.08. The lowest BCUT2D eigenvalue weighted by atomic mass is 9.63. The summed E-state index contributed by atoms with van der Waals surface area (Å²) in [5.74, 6) is 0.448. The topological polar surface area (TPSA) is 56.1 Å². The molecular formula is C14H23N3O. The van der Waals surface area contributed by atoms with E-state index >= 15 is 0 Å². The third kappa shape index (κ3) is 2.67. The fourth-order valence-corrected chi connectivity index (χ4v) is 2.98. The average Bonchev–Trinajstić information content (AvgIpc) is 3.14. The first-order valence-electron chi connectivity index (χ1n) is 7.05. The monoisotopic (exact) mass is 249 g/mol. The molecule has 0 bridgehead atoms. The first-order valence-corrected chi connectivity index (χ1v) is 7.05. The van der Waals surface area contributed by atoms with Gasteiger partial charge in [0.25, 0.3) is 0 Å². The summed E-state index contributed by atoms with van der Waals surface area (Å²) in [7, 11) is 0. The van der Waals surface area contributed by atoms with Gasteiger partial charge in [-0.3, -0.25) is 9.69 Å². The van der Waals surface area contributed by atoms with E-state index in [1.54, 1.807) is 0 Å². The van der Waals surface area contributed by atoms with E-state index in [-0.39, 0.29) is 5.91 Å². The standard InChI is InChI=1S/C14H23N3O/c1-3-17(12-4-5-12)7-6-16-13(18)14(10-15)8-11(2)9-14/h11-12H,3-9H2,1-2H3,(H,16,18). The minimum absolute atomic E-state index is 0.0602. The van der Waals surface area contributed by atoms with E-state index < -0.39 is 5.41 Å². The fourth-order valence-electron chi connectivity index (χ4n) is 2.98. The van der Waals surface area contributed by atoms with E-state index in [0.29, 0.717) is 12.5 Å². The van der Waals surface area contributed by atoms with Crippen molar-refractivity contribution in [3.63, 3.8) is 0 Å². The maximum Gasteiger partial charge on any atom is 0.240 e. The van der Waals surface area contributed by atoms with Crippen LogP contribution in [0.3, 0.4) is 0 Å². The molecular weight excluding hydrogens is 226 g/mol. The van der Waals surface area contributed by atoms with Gasteiger partial charge in [-0.15, -0.1) is 0 Å². The molecule has 2 saturated carbocycles. The zero-order valence-corrected chi connectivity index (χ0v) is 11.4. The molecule has 2 aliphatic rings. The van der Waals surface area contributed by atoms with Crippen LogP contribution < -0.4 is 5.32 Å². The van der Waals surface area contributed by atoms with Gasteiger partial charge in [0, 0.05) is 19.1 Å². The molecule has 0 radical (unpaired) electrons. The number of carbonyl (C=O) groups excluding carboxylic acids is 1. The SMILES string of the molecule is CCN(CCNC(=O)C1(C#N)CC(C)C1)C1CC1. The van der Waals surface area contributed by atoms with E-state index in [1.165, 1.54) is 12.8 Å². The predicted molar refractivity (Wildman–Crippen MR) is 69.7 cm³/mol. The van der Waals surface area contributed by atoms with Crippen LogP contribution in [0, 0.1) is 22.7 Å². The number of hydrogen-bond donors (Lipinski definition) is 1. The number of nitrogens with zero attached hydrogens (tertiary/aromatic N) is 2. The Bertz CT molecular complexity index is 351. The van der Waals surface area contributed by atoms with Crippen molar-refractivity contribution in [1.82, 2.24) is 10.2 Å². The molecule has 0 atom stereocenters. The summed E-state index contributed by atoms with van der Waals surface area (Å²) in [6, 6.07) is 2.94. The van der Waals surface area contributed by atoms with Crippen molar-refractivity contribution in [2.45, 2.75) is 45.6 Å². The van der Waals surface area contributed by atoms with Crippen molar-refractivity contribution in [2.24, 2.45) is 11.3 Å². The molecule has 0 saturated heterocycles. The van der Waals surface area contributed by atoms with Gasteiger partial charge in [0.05, 0.1) is 6.07 Å². The molecule has 0 aromatic heterocycles. The molecule has 18 heavy (non-hydrogen) atoms. The van der Waals surface area contributed by atoms with Crippen LogP contribution >= 0.6 is 0 Å². The van der Waals surface area contributed by atoms with Gasteiger partial charge in [0.15, 0.2) is 0 Å². The first kappa shape index (κ1) is 13.4. The van der Waals surface area contributed by atoms with Crippen LogP contribution in [0.2, 0.25) is 0 Å². The smallest absolute Gasteiger partial charge is 0.240 e. The summed E-state index contributed by atoms with van der Waals surface area (Å²) >= 11 is 0. The molecule has 2 aliphatic carbocycles. The third-order valence-electron chi connectivity index (χ3n) is 4.20. The number of likely N-dealkylation sites (N-methyl/N-ethyl adjacent to an activating group) is 1. The molecule has 0 aromatic rings. The second-order valence-corrected chi connectivity index (χ2v) is 5.82. The van der Waals surface area contributed by atoms with Crippen molar-refractivity contribution < 1.29 is 4.79 Å². The van der Waals surface area contributed by atoms with Gasteiger partial charge < -0.3 is 5.32 Å². The summed E-state index contributed by atoms with van der Waals surface area (Å²) in [5.41, 5.74) is -0.726. The zero-order chi connectivity index (χ0) is 13.2. The molecule has 4 heteroatoms. The lowest BCUT2D eigenvalue weighted by Crippen LogP contribution is -2.49. The Balaban J connectivity index is 1.73. The minimum Gasteiger partial charge on any atom is -0.353 e. The zero-order valence-electron chi connectivity index (χ0n) is 11.4. The summed E-state index contributed by atoms with van der Waals surface area (Å²) in [5, 5.41) is 12.1. The Kier molecular flexibility index (Phi) is 3.91. The highest BCUT2D eigenvalue weighted by Crippen LogP contribution is 2.44. The van der Waals surface area contributed by atoms with Crippen LogP contribution in [0.4, 0.5) is 0 Å². The largest absolute Gasteiger partial charge is 0.353 e. The average molecular weight is 249 g/mol. The highest BCUT2D eigenvalue weighted by atomic mass is 16.2. The molecule has 2 rings (SSSR count). The maximum atomic E-state index is 12.0. The molecule has 4 nitrogen and oxygen atoms in total. The normalized spacial score (nSPS) is 30.7. The summed E-state index contributed by atoms with van der Waals surface area (Å²) in [6.45, 7) is 6.87. The van der Waals surface area contributed by atoms with E-state index in [0.717, 1.165) is 32.0 Å². The molecule has 0 aromatic carbocycles. The van der Waals surface area contributed by atoms with Crippen LogP contribution in [-0.2, 0) is 4.79 Å². The van der Waals surface area contributed by atoms with Gasteiger partial charge in [-0.05, 0) is 38.1 Å². The number of rotatable bonds is 6. The Morgan fingerprint density at radius 2 is 2.17 bits per heavy atom. The van der Waals surface area contributed by atoms with Crippen molar-refractivity contribution >= 4 is 5.91 Å². The van der Waals surface area contributed by atoms with Gasteiger partial charge >= 0.3 is 0 Å². The van der Waals surface area contributed by atoms with Crippen LogP contribution in [0.5, 0.6) is 0 Å². The van der Waals surface area contributed by atoms with Gasteiger partial charge in [0.1, 0.15) is 5.41 Å². The third-order valence-corrected chi connectivity index (χ3v) is 4.20. The van der Waals surface area contributed by atoms with Gasteiger partial charge in [-0.25, -0.2) is 0 Å². The molecule has 0 aliphatic heterocycles. The van der Waals surface area contributed by atoms with Crippen molar-refractivity contribution in [2.75, 3.05) is 19.6 Å². The Labute approximate surface area is 109 Å². The van der Waals surface area contributed by atoms with Crippen molar-refractivity contribution in [3.05, 3.63) is 0 Å². The highest BCUT2D eigenvalue weighted by molar-refractivity contribution is 5.86. The lowest BCUT2D eigenvalue weighted by molar-refractivity contribution is -0.134. The van der Waals surface area contributed by atoms with Crippen LogP contribution in [0.25, 0.3) is 0 Å².